The Balaban J connectivity index is 1.44. The van der Waals surface area contributed by atoms with Gasteiger partial charge in [-0.2, -0.15) is 0 Å². The number of carbonyl (C=O) groups is 2. The number of hydrogen-bond donors (Lipinski definition) is 1. The number of carbonyl (C=O) groups excluding carboxylic acids is 2. The Morgan fingerprint density at radius 1 is 1.06 bits per heavy atom. The molecule has 0 aromatic heterocycles. The lowest BCUT2D eigenvalue weighted by molar-refractivity contribution is -0.141. The van der Waals surface area contributed by atoms with Gasteiger partial charge < -0.3 is 19.7 Å². The molecule has 1 N–H and O–H groups in total. The third-order valence-corrected chi connectivity index (χ3v) is 6.66. The van der Waals surface area contributed by atoms with Crippen molar-refractivity contribution >= 4 is 23.4 Å². The van der Waals surface area contributed by atoms with Crippen LogP contribution in [-0.4, -0.2) is 35.6 Å². The van der Waals surface area contributed by atoms with Crippen molar-refractivity contribution in [2.24, 2.45) is 0 Å². The summed E-state index contributed by atoms with van der Waals surface area (Å²) >= 11 is 6.16. The minimum atomic E-state index is -0.574. The van der Waals surface area contributed by atoms with E-state index in [2.05, 4.69) is 5.32 Å². The fourth-order valence-electron chi connectivity index (χ4n) is 4.47. The maximum Gasteiger partial charge on any atom is 0.242 e. The fourth-order valence-corrected chi connectivity index (χ4v) is 4.69. The van der Waals surface area contributed by atoms with E-state index in [0.717, 1.165) is 42.6 Å². The summed E-state index contributed by atoms with van der Waals surface area (Å²) in [6.45, 7) is 2.36. The largest absolute Gasteiger partial charge is 0.454 e. The normalized spacial score (nSPS) is 16.3. The van der Waals surface area contributed by atoms with Gasteiger partial charge in [-0.1, -0.05) is 49.1 Å². The lowest BCUT2D eigenvalue weighted by Crippen LogP contribution is -2.50. The number of hydrogen-bond acceptors (Lipinski definition) is 4. The summed E-state index contributed by atoms with van der Waals surface area (Å²) in [4.78, 5) is 28.1. The third kappa shape index (κ3) is 6.20. The van der Waals surface area contributed by atoms with Gasteiger partial charge in [0.25, 0.3) is 0 Å². The number of aryl methyl sites for hydroxylation is 1. The first-order chi connectivity index (χ1) is 16.0. The Morgan fingerprint density at radius 2 is 1.85 bits per heavy atom. The van der Waals surface area contributed by atoms with Crippen LogP contribution in [0.2, 0.25) is 5.02 Å². The van der Waals surface area contributed by atoms with Crippen LogP contribution in [0.4, 0.5) is 0 Å². The van der Waals surface area contributed by atoms with Crippen LogP contribution in [0.1, 0.15) is 56.6 Å². The molecule has 1 atom stereocenters. The zero-order valence-electron chi connectivity index (χ0n) is 19.0. The van der Waals surface area contributed by atoms with Gasteiger partial charge in [-0.05, 0) is 61.6 Å². The Bertz CT molecular complexity index is 990. The number of nitrogens with zero attached hydrogens (tertiary/aromatic N) is 1. The summed E-state index contributed by atoms with van der Waals surface area (Å²) in [7, 11) is 0. The summed E-state index contributed by atoms with van der Waals surface area (Å²) in [6.07, 6.45) is 6.36. The molecule has 6 nitrogen and oxygen atoms in total. The topological polar surface area (TPSA) is 67.9 Å². The minimum Gasteiger partial charge on any atom is -0.454 e. The van der Waals surface area contributed by atoms with E-state index in [9.17, 15) is 9.59 Å². The Labute approximate surface area is 200 Å². The van der Waals surface area contributed by atoms with Crippen molar-refractivity contribution in [1.29, 1.82) is 0 Å². The second-order valence-corrected chi connectivity index (χ2v) is 9.30. The monoisotopic (exact) mass is 470 g/mol. The van der Waals surface area contributed by atoms with Crippen molar-refractivity contribution in [1.82, 2.24) is 10.2 Å². The molecule has 33 heavy (non-hydrogen) atoms. The lowest BCUT2D eigenvalue weighted by Gasteiger charge is -2.31. The first-order valence-corrected chi connectivity index (χ1v) is 12.1. The second-order valence-electron chi connectivity index (χ2n) is 8.86. The van der Waals surface area contributed by atoms with Crippen LogP contribution in [0.25, 0.3) is 0 Å². The van der Waals surface area contributed by atoms with Crippen molar-refractivity contribution in [3.05, 3.63) is 58.6 Å². The molecule has 2 aromatic rings. The molecular formula is C26H31ClN2O4. The third-order valence-electron chi connectivity index (χ3n) is 6.43. The molecule has 1 aliphatic carbocycles. The van der Waals surface area contributed by atoms with Gasteiger partial charge in [0.15, 0.2) is 11.5 Å². The average Bonchev–Trinajstić information content (AvgIpc) is 3.29. The summed E-state index contributed by atoms with van der Waals surface area (Å²) in [5.74, 6) is 1.26. The number of nitrogens with one attached hydrogen (secondary N) is 1. The molecule has 1 heterocycles. The molecule has 0 unspecified atom stereocenters. The van der Waals surface area contributed by atoms with Crippen LogP contribution in [0.15, 0.2) is 42.5 Å². The summed E-state index contributed by atoms with van der Waals surface area (Å²) in [5, 5.41) is 3.77. The molecule has 4 rings (SSSR count). The standard InChI is InChI=1S/C26H31ClN2O4/c1-18(26(31)28-22-8-3-2-4-9-22)29(16-20-6-5-7-21(27)14-20)25(30)13-11-19-10-12-23-24(15-19)33-17-32-23/h5-7,10,12,14-15,18,22H,2-4,8-9,11,13,16-17H2,1H3,(H,28,31)/t18-/m0/s1. The van der Waals surface area contributed by atoms with Crippen LogP contribution in [0.5, 0.6) is 11.5 Å². The Kier molecular flexibility index (Phi) is 7.76. The number of amides is 2. The molecule has 0 radical (unpaired) electrons. The summed E-state index contributed by atoms with van der Waals surface area (Å²) < 4.78 is 10.8. The van der Waals surface area contributed by atoms with Crippen molar-refractivity contribution in [2.45, 2.75) is 70.5 Å². The fraction of sp³-hybridized carbons (Fsp3) is 0.462. The van der Waals surface area contributed by atoms with E-state index in [1.54, 1.807) is 17.9 Å². The van der Waals surface area contributed by atoms with E-state index in [1.807, 2.05) is 36.4 Å². The first-order valence-electron chi connectivity index (χ1n) is 11.7. The van der Waals surface area contributed by atoms with Gasteiger partial charge in [-0.15, -0.1) is 0 Å². The van der Waals surface area contributed by atoms with Crippen molar-refractivity contribution in [3.63, 3.8) is 0 Å². The first kappa shape index (κ1) is 23.4. The highest BCUT2D eigenvalue weighted by Crippen LogP contribution is 2.33. The number of fused-ring (bicyclic) bond motifs is 1. The van der Waals surface area contributed by atoms with Gasteiger partial charge in [0.2, 0.25) is 18.6 Å². The number of halogens is 1. The van der Waals surface area contributed by atoms with Crippen LogP contribution < -0.4 is 14.8 Å². The van der Waals surface area contributed by atoms with Gasteiger partial charge in [0.05, 0.1) is 0 Å². The molecule has 176 valence electrons. The van der Waals surface area contributed by atoms with Crippen LogP contribution >= 0.6 is 11.6 Å². The highest BCUT2D eigenvalue weighted by Gasteiger charge is 2.28. The van der Waals surface area contributed by atoms with Gasteiger partial charge in [-0.25, -0.2) is 0 Å². The number of ether oxygens (including phenoxy) is 2. The highest BCUT2D eigenvalue weighted by molar-refractivity contribution is 6.30. The molecule has 0 spiro atoms. The van der Waals surface area contributed by atoms with E-state index in [-0.39, 0.29) is 24.6 Å². The van der Waals surface area contributed by atoms with E-state index in [0.29, 0.717) is 30.2 Å². The number of rotatable bonds is 8. The van der Waals surface area contributed by atoms with E-state index >= 15 is 0 Å². The predicted octanol–water partition coefficient (Wildman–Crippen LogP) is 4.87. The molecule has 0 saturated heterocycles. The van der Waals surface area contributed by atoms with Crippen LogP contribution in [0, 0.1) is 0 Å². The highest BCUT2D eigenvalue weighted by atomic mass is 35.5. The molecule has 2 aromatic carbocycles. The minimum absolute atomic E-state index is 0.0704. The molecular weight excluding hydrogens is 440 g/mol. The van der Waals surface area contributed by atoms with E-state index < -0.39 is 6.04 Å². The zero-order chi connectivity index (χ0) is 23.2. The molecule has 2 amide bonds. The average molecular weight is 471 g/mol. The van der Waals surface area contributed by atoms with E-state index in [1.165, 1.54) is 6.42 Å². The SMILES string of the molecule is C[C@@H](C(=O)NC1CCCCC1)N(Cc1cccc(Cl)c1)C(=O)CCc1ccc2c(c1)OCO2. The van der Waals surface area contributed by atoms with Gasteiger partial charge in [0, 0.05) is 24.0 Å². The zero-order valence-corrected chi connectivity index (χ0v) is 19.8. The smallest absolute Gasteiger partial charge is 0.242 e. The molecule has 1 saturated carbocycles. The molecule has 1 aliphatic heterocycles. The predicted molar refractivity (Wildman–Crippen MR) is 127 cm³/mol. The van der Waals surface area contributed by atoms with Crippen molar-refractivity contribution in [2.75, 3.05) is 6.79 Å². The molecule has 1 fully saturated rings. The van der Waals surface area contributed by atoms with Crippen molar-refractivity contribution in [3.8, 4) is 11.5 Å². The summed E-state index contributed by atoms with van der Waals surface area (Å²) in [5.41, 5.74) is 1.89. The lowest BCUT2D eigenvalue weighted by atomic mass is 9.95. The van der Waals surface area contributed by atoms with Crippen molar-refractivity contribution < 1.29 is 19.1 Å². The Hall–Kier alpha value is -2.73. The molecule has 7 heteroatoms. The second kappa shape index (κ2) is 10.9. The number of benzene rings is 2. The van der Waals surface area contributed by atoms with Crippen LogP contribution in [-0.2, 0) is 22.6 Å². The van der Waals surface area contributed by atoms with Crippen LogP contribution in [0.3, 0.4) is 0 Å². The summed E-state index contributed by atoms with van der Waals surface area (Å²) in [6, 6.07) is 12.8. The maximum atomic E-state index is 13.3. The van der Waals surface area contributed by atoms with Gasteiger partial charge >= 0.3 is 0 Å². The maximum absolute atomic E-state index is 13.3. The molecule has 2 aliphatic rings. The van der Waals surface area contributed by atoms with Gasteiger partial charge in [0.1, 0.15) is 6.04 Å². The van der Waals surface area contributed by atoms with Gasteiger partial charge in [-0.3, -0.25) is 9.59 Å². The van der Waals surface area contributed by atoms with E-state index in [4.69, 9.17) is 21.1 Å². The Morgan fingerprint density at radius 3 is 2.64 bits per heavy atom. The molecule has 0 bridgehead atoms. The quantitative estimate of drug-likeness (QED) is 0.597.